The average Bonchev–Trinajstić information content (AvgIpc) is 3.16. The molecule has 2 atom stereocenters. The lowest BCUT2D eigenvalue weighted by atomic mass is 10.00. The lowest BCUT2D eigenvalue weighted by molar-refractivity contribution is 0.0471. The summed E-state index contributed by atoms with van der Waals surface area (Å²) >= 11 is 0. The van der Waals surface area contributed by atoms with Gasteiger partial charge in [0.25, 0.3) is 0 Å². The molecule has 2 aliphatic rings. The minimum atomic E-state index is -0.215. The molecule has 1 saturated carbocycles. The van der Waals surface area contributed by atoms with E-state index in [9.17, 15) is 4.79 Å². The van der Waals surface area contributed by atoms with E-state index in [1.807, 2.05) is 43.3 Å². The van der Waals surface area contributed by atoms with Crippen molar-refractivity contribution in [2.45, 2.75) is 31.9 Å². The van der Waals surface area contributed by atoms with E-state index >= 15 is 0 Å². The molecule has 3 nitrogen and oxygen atoms in total. The molecule has 2 aromatic rings. The Morgan fingerprint density at radius 1 is 1.29 bits per heavy atom. The minimum absolute atomic E-state index is 0.215. The number of anilines is 1. The minimum Gasteiger partial charge on any atom is -0.457 e. The van der Waals surface area contributed by atoms with Crippen LogP contribution in [-0.4, -0.2) is 12.0 Å². The van der Waals surface area contributed by atoms with Gasteiger partial charge in [0.2, 0.25) is 0 Å². The van der Waals surface area contributed by atoms with E-state index in [1.165, 1.54) is 0 Å². The van der Waals surface area contributed by atoms with Crippen LogP contribution in [0.15, 0.2) is 42.5 Å². The van der Waals surface area contributed by atoms with E-state index < -0.39 is 0 Å². The molecule has 21 heavy (non-hydrogen) atoms. The highest BCUT2D eigenvalue weighted by molar-refractivity contribution is 5.95. The first-order valence-corrected chi connectivity index (χ1v) is 7.34. The molecule has 0 bridgehead atoms. The van der Waals surface area contributed by atoms with Crippen molar-refractivity contribution in [1.29, 1.82) is 0 Å². The van der Waals surface area contributed by atoms with Gasteiger partial charge in [0.1, 0.15) is 6.61 Å². The lowest BCUT2D eigenvalue weighted by Gasteiger charge is -2.12. The molecule has 1 aliphatic carbocycles. The number of ether oxygens (including phenoxy) is 1. The Kier molecular flexibility index (Phi) is 2.74. The molecule has 1 aliphatic heterocycles. The Morgan fingerprint density at radius 2 is 2.10 bits per heavy atom. The van der Waals surface area contributed by atoms with Gasteiger partial charge in [-0.25, -0.2) is 4.79 Å². The maximum atomic E-state index is 12.4. The second kappa shape index (κ2) is 4.62. The van der Waals surface area contributed by atoms with E-state index in [1.54, 1.807) is 0 Å². The van der Waals surface area contributed by atoms with E-state index in [2.05, 4.69) is 11.4 Å². The number of nitrogens with one attached hydrogen (secondary N) is 1. The zero-order valence-corrected chi connectivity index (χ0v) is 11.9. The number of rotatable bonds is 3. The molecule has 2 aromatic carbocycles. The van der Waals surface area contributed by atoms with Crippen LogP contribution in [0.4, 0.5) is 5.69 Å². The van der Waals surface area contributed by atoms with Crippen molar-refractivity contribution in [1.82, 2.24) is 0 Å². The Balaban J connectivity index is 1.58. The van der Waals surface area contributed by atoms with Crippen LogP contribution in [0.1, 0.15) is 39.4 Å². The van der Waals surface area contributed by atoms with E-state index in [0.717, 1.165) is 34.4 Å². The Hall–Kier alpha value is -2.29. The van der Waals surface area contributed by atoms with Crippen LogP contribution in [0.3, 0.4) is 0 Å². The van der Waals surface area contributed by atoms with Gasteiger partial charge in [-0.2, -0.15) is 0 Å². The molecule has 0 spiro atoms. The van der Waals surface area contributed by atoms with Crippen molar-refractivity contribution in [3.05, 3.63) is 64.7 Å². The zero-order chi connectivity index (χ0) is 14.4. The summed E-state index contributed by atoms with van der Waals surface area (Å²) in [5.74, 6) is 0.285. The summed E-state index contributed by atoms with van der Waals surface area (Å²) in [4.78, 5) is 12.4. The van der Waals surface area contributed by atoms with E-state index in [4.69, 9.17) is 4.74 Å². The Morgan fingerprint density at radius 3 is 2.90 bits per heavy atom. The summed E-state index contributed by atoms with van der Waals surface area (Å²) in [5, 5.41) is 3.47. The molecule has 0 radical (unpaired) electrons. The standard InChI is InChI=1S/C18H17NO2/c1-11-7-14(17-13-9-15(13)19-16(17)8-11)18(20)21-10-12-5-3-2-4-6-12/h2-8,13,15,19H,9-10H2,1H3. The highest BCUT2D eigenvalue weighted by Gasteiger charge is 2.47. The fraction of sp³-hybridized carbons (Fsp3) is 0.278. The summed E-state index contributed by atoms with van der Waals surface area (Å²) in [7, 11) is 0. The smallest absolute Gasteiger partial charge is 0.338 e. The summed E-state index contributed by atoms with van der Waals surface area (Å²) in [6.07, 6.45) is 1.13. The van der Waals surface area contributed by atoms with Crippen molar-refractivity contribution in [3.8, 4) is 0 Å². The van der Waals surface area contributed by atoms with Crippen LogP contribution in [0.25, 0.3) is 0 Å². The summed E-state index contributed by atoms with van der Waals surface area (Å²) in [5.41, 5.74) is 5.11. The molecule has 106 valence electrons. The van der Waals surface area contributed by atoms with Crippen LogP contribution >= 0.6 is 0 Å². The van der Waals surface area contributed by atoms with E-state index in [0.29, 0.717) is 18.6 Å². The van der Waals surface area contributed by atoms with Gasteiger partial charge in [0.15, 0.2) is 0 Å². The second-order valence-electron chi connectivity index (χ2n) is 5.93. The van der Waals surface area contributed by atoms with Gasteiger partial charge >= 0.3 is 5.97 Å². The fourth-order valence-electron chi connectivity index (χ4n) is 3.16. The molecule has 0 saturated heterocycles. The molecular weight excluding hydrogens is 262 g/mol. The fourth-order valence-corrected chi connectivity index (χ4v) is 3.16. The number of hydrogen-bond donors (Lipinski definition) is 1. The summed E-state index contributed by atoms with van der Waals surface area (Å²) < 4.78 is 5.49. The topological polar surface area (TPSA) is 38.3 Å². The van der Waals surface area contributed by atoms with Gasteiger partial charge < -0.3 is 10.1 Å². The normalized spacial score (nSPS) is 21.2. The Labute approximate surface area is 123 Å². The maximum absolute atomic E-state index is 12.4. The molecule has 2 unspecified atom stereocenters. The lowest BCUT2D eigenvalue weighted by Crippen LogP contribution is -2.09. The van der Waals surface area contributed by atoms with Crippen LogP contribution in [0, 0.1) is 6.92 Å². The first-order valence-electron chi connectivity index (χ1n) is 7.34. The average molecular weight is 279 g/mol. The van der Waals surface area contributed by atoms with Gasteiger partial charge in [0.05, 0.1) is 5.56 Å². The third-order valence-electron chi connectivity index (χ3n) is 4.26. The van der Waals surface area contributed by atoms with Crippen LogP contribution in [0.5, 0.6) is 0 Å². The number of esters is 1. The molecule has 1 N–H and O–H groups in total. The number of aryl methyl sites for hydroxylation is 1. The largest absolute Gasteiger partial charge is 0.457 e. The SMILES string of the molecule is Cc1cc2c(c(C(=O)OCc3ccccc3)c1)C1CC1N2. The van der Waals surface area contributed by atoms with Crippen LogP contribution < -0.4 is 5.32 Å². The summed E-state index contributed by atoms with van der Waals surface area (Å²) in [6.45, 7) is 2.34. The second-order valence-corrected chi connectivity index (χ2v) is 5.93. The molecule has 0 aromatic heterocycles. The third-order valence-corrected chi connectivity index (χ3v) is 4.26. The number of fused-ring (bicyclic) bond motifs is 3. The molecule has 1 heterocycles. The van der Waals surface area contributed by atoms with Gasteiger partial charge in [-0.05, 0) is 42.2 Å². The van der Waals surface area contributed by atoms with Crippen molar-refractivity contribution in [3.63, 3.8) is 0 Å². The predicted molar refractivity (Wildman–Crippen MR) is 81.5 cm³/mol. The van der Waals surface area contributed by atoms with Gasteiger partial charge in [0, 0.05) is 17.6 Å². The van der Waals surface area contributed by atoms with Crippen molar-refractivity contribution >= 4 is 11.7 Å². The monoisotopic (exact) mass is 279 g/mol. The number of carbonyl (C=O) groups is 1. The van der Waals surface area contributed by atoms with Gasteiger partial charge in [-0.3, -0.25) is 0 Å². The van der Waals surface area contributed by atoms with E-state index in [-0.39, 0.29) is 5.97 Å². The number of carbonyl (C=O) groups excluding carboxylic acids is 1. The van der Waals surface area contributed by atoms with Crippen molar-refractivity contribution in [2.24, 2.45) is 0 Å². The van der Waals surface area contributed by atoms with Crippen molar-refractivity contribution < 1.29 is 9.53 Å². The van der Waals surface area contributed by atoms with Crippen molar-refractivity contribution in [2.75, 3.05) is 5.32 Å². The van der Waals surface area contributed by atoms with Crippen LogP contribution in [-0.2, 0) is 11.3 Å². The highest BCUT2D eigenvalue weighted by atomic mass is 16.5. The zero-order valence-electron chi connectivity index (χ0n) is 11.9. The molecule has 4 rings (SSSR count). The van der Waals surface area contributed by atoms with Crippen LogP contribution in [0.2, 0.25) is 0 Å². The molecule has 1 fully saturated rings. The maximum Gasteiger partial charge on any atom is 0.338 e. The highest BCUT2D eigenvalue weighted by Crippen LogP contribution is 2.53. The number of benzene rings is 2. The first kappa shape index (κ1) is 12.5. The first-order chi connectivity index (χ1) is 10.2. The Bertz CT molecular complexity index is 709. The quantitative estimate of drug-likeness (QED) is 0.872. The van der Waals surface area contributed by atoms with Gasteiger partial charge in [-0.15, -0.1) is 0 Å². The third kappa shape index (κ3) is 2.19. The summed E-state index contributed by atoms with van der Waals surface area (Å²) in [6, 6.07) is 14.4. The molecular formula is C18H17NO2. The number of hydrogen-bond acceptors (Lipinski definition) is 3. The predicted octanol–water partition coefficient (Wildman–Crippen LogP) is 3.63. The molecule has 0 amide bonds. The van der Waals surface area contributed by atoms with Gasteiger partial charge in [-0.1, -0.05) is 30.3 Å². The molecule has 3 heteroatoms.